The Morgan fingerprint density at radius 2 is 2.00 bits per heavy atom. The Morgan fingerprint density at radius 3 is 2.71 bits per heavy atom. The molecule has 1 aromatic carbocycles. The highest BCUT2D eigenvalue weighted by molar-refractivity contribution is 6.35. The van der Waals surface area contributed by atoms with E-state index in [0.717, 1.165) is 23.9 Å². The topological polar surface area (TPSA) is 45.5 Å². The Morgan fingerprint density at radius 1 is 1.25 bits per heavy atom. The molecule has 1 amide bonds. The van der Waals surface area contributed by atoms with Crippen molar-refractivity contribution in [3.05, 3.63) is 34.5 Å². The van der Waals surface area contributed by atoms with Gasteiger partial charge >= 0.3 is 0 Å². The average molecular weight is 349 g/mol. The number of aryl methyl sites for hydroxylation is 1. The number of para-hydroxylation sites is 1. The Bertz CT molecular complexity index is 703. The first-order chi connectivity index (χ1) is 11.7. The summed E-state index contributed by atoms with van der Waals surface area (Å²) in [6.07, 6.45) is 6.25. The minimum absolute atomic E-state index is 0.157. The molecule has 2 aromatic rings. The Hall–Kier alpha value is -1.52. The highest BCUT2D eigenvalue weighted by atomic mass is 35.5. The van der Waals surface area contributed by atoms with Crippen LogP contribution in [0.25, 0.3) is 11.0 Å². The normalized spacial score (nSPS) is 16.2. The summed E-state index contributed by atoms with van der Waals surface area (Å²) in [6.45, 7) is 5.99. The molecule has 1 N–H and O–H groups in total. The van der Waals surface area contributed by atoms with Gasteiger partial charge in [0.1, 0.15) is 0 Å². The van der Waals surface area contributed by atoms with E-state index in [4.69, 9.17) is 16.0 Å². The molecule has 0 atom stereocenters. The molecule has 24 heavy (non-hydrogen) atoms. The van der Waals surface area contributed by atoms with E-state index < -0.39 is 0 Å². The van der Waals surface area contributed by atoms with Gasteiger partial charge in [0.05, 0.1) is 5.02 Å². The number of benzene rings is 1. The van der Waals surface area contributed by atoms with Crippen LogP contribution in [0.15, 0.2) is 22.6 Å². The van der Waals surface area contributed by atoms with E-state index in [2.05, 4.69) is 10.2 Å². The number of carbonyl (C=O) groups is 1. The molecule has 0 radical (unpaired) electrons. The van der Waals surface area contributed by atoms with Crippen LogP contribution in [0.1, 0.15) is 48.2 Å². The van der Waals surface area contributed by atoms with Gasteiger partial charge in [-0.25, -0.2) is 0 Å². The summed E-state index contributed by atoms with van der Waals surface area (Å²) in [5.41, 5.74) is 1.43. The third-order valence-electron chi connectivity index (χ3n) is 4.76. The fraction of sp³-hybridized carbons (Fsp3) is 0.526. The molecule has 4 nitrogen and oxygen atoms in total. The number of carbonyl (C=O) groups excluding carboxylic acids is 1. The average Bonchev–Trinajstić information content (AvgIpc) is 2.75. The molecule has 1 saturated heterocycles. The first-order valence-corrected chi connectivity index (χ1v) is 9.23. The summed E-state index contributed by atoms with van der Waals surface area (Å²) < 4.78 is 5.70. The molecule has 0 unspecified atom stereocenters. The van der Waals surface area contributed by atoms with Crippen LogP contribution in [0.4, 0.5) is 0 Å². The number of fused-ring (bicyclic) bond motifs is 1. The number of amides is 1. The van der Waals surface area contributed by atoms with Gasteiger partial charge in [0.2, 0.25) is 0 Å². The van der Waals surface area contributed by atoms with E-state index in [1.807, 2.05) is 19.1 Å². The van der Waals surface area contributed by atoms with E-state index >= 15 is 0 Å². The third-order valence-corrected chi connectivity index (χ3v) is 5.05. The number of hydrogen-bond donors (Lipinski definition) is 1. The molecule has 0 bridgehead atoms. The largest absolute Gasteiger partial charge is 0.449 e. The van der Waals surface area contributed by atoms with Crippen LogP contribution in [0, 0.1) is 6.92 Å². The van der Waals surface area contributed by atoms with Gasteiger partial charge in [0.15, 0.2) is 11.3 Å². The lowest BCUT2D eigenvalue weighted by molar-refractivity contribution is 0.0925. The van der Waals surface area contributed by atoms with Crippen molar-refractivity contribution >= 4 is 28.5 Å². The van der Waals surface area contributed by atoms with Crippen LogP contribution in [-0.4, -0.2) is 37.0 Å². The molecular weight excluding hydrogens is 324 g/mol. The fourth-order valence-corrected chi connectivity index (χ4v) is 3.58. The minimum atomic E-state index is -0.157. The summed E-state index contributed by atoms with van der Waals surface area (Å²) in [6, 6.07) is 5.57. The molecule has 5 heteroatoms. The van der Waals surface area contributed by atoms with Gasteiger partial charge in [-0.1, -0.05) is 36.6 Å². The summed E-state index contributed by atoms with van der Waals surface area (Å²) in [5.74, 6) is 0.212. The van der Waals surface area contributed by atoms with Gasteiger partial charge in [-0.3, -0.25) is 4.79 Å². The lowest BCUT2D eigenvalue weighted by Gasteiger charge is -2.19. The van der Waals surface area contributed by atoms with Gasteiger partial charge in [0.25, 0.3) is 5.91 Å². The second-order valence-electron chi connectivity index (χ2n) is 6.54. The molecule has 1 fully saturated rings. The lowest BCUT2D eigenvalue weighted by atomic mass is 10.1. The van der Waals surface area contributed by atoms with Crippen molar-refractivity contribution in [2.75, 3.05) is 26.2 Å². The maximum atomic E-state index is 12.4. The van der Waals surface area contributed by atoms with Crippen molar-refractivity contribution in [3.63, 3.8) is 0 Å². The van der Waals surface area contributed by atoms with Crippen molar-refractivity contribution in [1.82, 2.24) is 10.2 Å². The monoisotopic (exact) mass is 348 g/mol. The highest BCUT2D eigenvalue weighted by Gasteiger charge is 2.18. The van der Waals surface area contributed by atoms with Crippen LogP contribution in [-0.2, 0) is 0 Å². The molecule has 0 spiro atoms. The van der Waals surface area contributed by atoms with E-state index in [1.54, 1.807) is 6.07 Å². The molecule has 3 rings (SSSR count). The first-order valence-electron chi connectivity index (χ1n) is 8.85. The van der Waals surface area contributed by atoms with Crippen LogP contribution >= 0.6 is 11.6 Å². The summed E-state index contributed by atoms with van der Waals surface area (Å²) >= 11 is 6.14. The van der Waals surface area contributed by atoms with Crippen molar-refractivity contribution in [2.24, 2.45) is 0 Å². The maximum absolute atomic E-state index is 12.4. The zero-order valence-electron chi connectivity index (χ0n) is 14.2. The first kappa shape index (κ1) is 17.3. The van der Waals surface area contributed by atoms with Gasteiger partial charge in [-0.05, 0) is 51.9 Å². The Balaban J connectivity index is 1.53. The van der Waals surface area contributed by atoms with Crippen molar-refractivity contribution in [2.45, 2.75) is 39.0 Å². The summed E-state index contributed by atoms with van der Waals surface area (Å²) in [4.78, 5) is 14.9. The zero-order valence-corrected chi connectivity index (χ0v) is 15.0. The number of hydrogen-bond acceptors (Lipinski definition) is 3. The number of furan rings is 1. The number of rotatable bonds is 5. The SMILES string of the molecule is Cc1c(C(=O)NCCCN2CCCCCC2)oc2c(Cl)cccc12. The predicted molar refractivity (Wildman–Crippen MR) is 97.8 cm³/mol. The highest BCUT2D eigenvalue weighted by Crippen LogP contribution is 2.30. The van der Waals surface area contributed by atoms with Gasteiger partial charge in [-0.2, -0.15) is 0 Å². The van der Waals surface area contributed by atoms with E-state index in [-0.39, 0.29) is 5.91 Å². The van der Waals surface area contributed by atoms with E-state index in [1.165, 1.54) is 38.8 Å². The van der Waals surface area contributed by atoms with Crippen molar-refractivity contribution < 1.29 is 9.21 Å². The second-order valence-corrected chi connectivity index (χ2v) is 6.95. The molecular formula is C19H25ClN2O2. The fourth-order valence-electron chi connectivity index (χ4n) is 3.37. The van der Waals surface area contributed by atoms with Crippen LogP contribution in [0.3, 0.4) is 0 Å². The molecule has 2 heterocycles. The van der Waals surface area contributed by atoms with Crippen LogP contribution in [0.2, 0.25) is 5.02 Å². The zero-order chi connectivity index (χ0) is 16.9. The summed E-state index contributed by atoms with van der Waals surface area (Å²) in [7, 11) is 0. The third kappa shape index (κ3) is 3.93. The van der Waals surface area contributed by atoms with Gasteiger partial charge in [-0.15, -0.1) is 0 Å². The number of likely N-dealkylation sites (tertiary alicyclic amines) is 1. The van der Waals surface area contributed by atoms with E-state index in [0.29, 0.717) is 22.9 Å². The quantitative estimate of drug-likeness (QED) is 0.815. The molecule has 130 valence electrons. The molecule has 0 saturated carbocycles. The molecule has 0 aliphatic carbocycles. The molecule has 1 aliphatic rings. The predicted octanol–water partition coefficient (Wildman–Crippen LogP) is 4.39. The smallest absolute Gasteiger partial charge is 0.287 e. The maximum Gasteiger partial charge on any atom is 0.287 e. The van der Waals surface area contributed by atoms with Crippen molar-refractivity contribution in [3.8, 4) is 0 Å². The minimum Gasteiger partial charge on any atom is -0.449 e. The molecule has 1 aromatic heterocycles. The van der Waals surface area contributed by atoms with Gasteiger partial charge < -0.3 is 14.6 Å². The lowest BCUT2D eigenvalue weighted by Crippen LogP contribution is -2.30. The summed E-state index contributed by atoms with van der Waals surface area (Å²) in [5, 5.41) is 4.41. The Labute approximate surface area is 148 Å². The molecule has 1 aliphatic heterocycles. The van der Waals surface area contributed by atoms with Crippen LogP contribution in [0.5, 0.6) is 0 Å². The Kier molecular flexibility index (Phi) is 5.80. The van der Waals surface area contributed by atoms with Crippen molar-refractivity contribution in [1.29, 1.82) is 0 Å². The van der Waals surface area contributed by atoms with Gasteiger partial charge in [0, 0.05) is 17.5 Å². The van der Waals surface area contributed by atoms with E-state index in [9.17, 15) is 4.79 Å². The second kappa shape index (κ2) is 8.04. The number of nitrogens with one attached hydrogen (secondary N) is 1. The van der Waals surface area contributed by atoms with Crippen LogP contribution < -0.4 is 5.32 Å². The number of halogens is 1. The number of nitrogens with zero attached hydrogens (tertiary/aromatic N) is 1. The standard InChI is InChI=1S/C19H25ClN2O2/c1-14-15-8-6-9-16(20)18(15)24-17(14)19(23)21-10-7-13-22-11-4-2-3-5-12-22/h6,8-9H,2-5,7,10-13H2,1H3,(H,21,23).